The van der Waals surface area contributed by atoms with E-state index in [9.17, 15) is 9.36 Å². The first-order valence-corrected chi connectivity index (χ1v) is 4.78. The molecular formula is C7H13N2O3P. The Balaban J connectivity index is 3.28. The molecule has 0 aliphatic rings. The normalized spacial score (nSPS) is 11.8. The number of aliphatic carboxylic acids is 1. The van der Waals surface area contributed by atoms with Crippen molar-refractivity contribution in [3.8, 4) is 5.75 Å². The first-order chi connectivity index (χ1) is 6.18. The van der Waals surface area contributed by atoms with Gasteiger partial charge in [0, 0.05) is 0 Å². The van der Waals surface area contributed by atoms with Gasteiger partial charge in [-0.1, -0.05) is 0 Å². The number of nitrogens with two attached hydrogens (primary N) is 1. The molecule has 4 N–H and O–H groups in total. The van der Waals surface area contributed by atoms with Gasteiger partial charge in [-0.25, -0.2) is 0 Å². The standard InChI is InChI=1S/C7H13N2O3P/c8-6(7(10)11)3-1-2-4-9-5-13-12/h6,9H,1-4,8H2,(H,10,11)/t6-/m0/s1. The fraction of sp³-hybridized carbons (Fsp3) is 0.714. The van der Waals surface area contributed by atoms with Crippen molar-refractivity contribution in [3.63, 3.8) is 0 Å². The zero-order valence-electron chi connectivity index (χ0n) is 7.19. The van der Waals surface area contributed by atoms with Crippen LogP contribution in [0.25, 0.3) is 0 Å². The van der Waals surface area contributed by atoms with Gasteiger partial charge in [0.1, 0.15) is 0 Å². The van der Waals surface area contributed by atoms with E-state index in [-0.39, 0.29) is 7.92 Å². The van der Waals surface area contributed by atoms with Gasteiger partial charge in [-0.05, 0) is 0 Å². The monoisotopic (exact) mass is 204 g/mol. The Labute approximate surface area is 77.8 Å². The Morgan fingerprint density at radius 3 is 2.85 bits per heavy atom. The van der Waals surface area contributed by atoms with Crippen LogP contribution in [0, 0.1) is 5.75 Å². The van der Waals surface area contributed by atoms with E-state index in [2.05, 4.69) is 11.1 Å². The summed E-state index contributed by atoms with van der Waals surface area (Å²) in [5.41, 5.74) is 5.27. The fourth-order valence-corrected chi connectivity index (χ4v) is 0.966. The number of carbonyl (C=O) groups is 1. The van der Waals surface area contributed by atoms with E-state index in [1.807, 2.05) is 0 Å². The van der Waals surface area contributed by atoms with Gasteiger partial charge in [0.25, 0.3) is 0 Å². The summed E-state index contributed by atoms with van der Waals surface area (Å²) in [6, 6.07) is -0.773. The molecule has 0 saturated carbocycles. The summed E-state index contributed by atoms with van der Waals surface area (Å²) in [6.45, 7) is 0.640. The van der Waals surface area contributed by atoms with E-state index >= 15 is 0 Å². The van der Waals surface area contributed by atoms with Crippen LogP contribution in [-0.4, -0.2) is 23.7 Å². The minimum absolute atomic E-state index is 0.164. The SMILES string of the molecule is N[C@@H](CCCCNC#P=O)C(=O)O. The summed E-state index contributed by atoms with van der Waals surface area (Å²) in [6.07, 6.45) is 1.99. The first-order valence-electron chi connectivity index (χ1n) is 3.97. The predicted octanol–water partition coefficient (Wildman–Crippen LogP) is 0.367. The number of hydrogen-bond donors (Lipinski definition) is 3. The third-order valence-corrected chi connectivity index (χ3v) is 1.76. The molecule has 0 amide bonds. The van der Waals surface area contributed by atoms with Gasteiger partial charge < -0.3 is 0 Å². The molecule has 0 unspecified atom stereocenters. The van der Waals surface area contributed by atoms with Crippen molar-refractivity contribution in [3.05, 3.63) is 0 Å². The Morgan fingerprint density at radius 2 is 2.31 bits per heavy atom. The molecule has 0 aromatic heterocycles. The van der Waals surface area contributed by atoms with Crippen molar-refractivity contribution in [2.45, 2.75) is 25.3 Å². The molecule has 0 aromatic carbocycles. The van der Waals surface area contributed by atoms with Crippen molar-refractivity contribution in [1.29, 1.82) is 0 Å². The maximum absolute atomic E-state index is 10.3. The van der Waals surface area contributed by atoms with E-state index in [1.165, 1.54) is 0 Å². The molecule has 0 spiro atoms. The average Bonchev–Trinajstić information content (AvgIpc) is 2.10. The third-order valence-electron chi connectivity index (χ3n) is 1.51. The molecule has 0 radical (unpaired) electrons. The Kier molecular flexibility index (Phi) is 7.65. The fourth-order valence-electron chi connectivity index (χ4n) is 0.789. The molecule has 0 rings (SSSR count). The van der Waals surface area contributed by atoms with Gasteiger partial charge in [-0.15, -0.1) is 0 Å². The molecule has 0 bridgehead atoms. The van der Waals surface area contributed by atoms with Crippen LogP contribution in [0.2, 0.25) is 0 Å². The molecule has 13 heavy (non-hydrogen) atoms. The summed E-state index contributed by atoms with van der Waals surface area (Å²) in [7, 11) is -0.164. The summed E-state index contributed by atoms with van der Waals surface area (Å²) < 4.78 is 9.86. The van der Waals surface area contributed by atoms with Crippen molar-refractivity contribution in [2.75, 3.05) is 6.54 Å². The van der Waals surface area contributed by atoms with Gasteiger partial charge >= 0.3 is 77.0 Å². The number of unbranched alkanes of at least 4 members (excludes halogenated alkanes) is 1. The first kappa shape index (κ1) is 12.4. The Morgan fingerprint density at radius 1 is 1.62 bits per heavy atom. The zero-order chi connectivity index (χ0) is 10.1. The molecule has 0 aromatic rings. The van der Waals surface area contributed by atoms with Crippen LogP contribution >= 0.6 is 7.92 Å². The number of carboxylic acids is 1. The van der Waals surface area contributed by atoms with Crippen molar-refractivity contribution in [1.82, 2.24) is 5.32 Å². The van der Waals surface area contributed by atoms with Crippen LogP contribution in [0.15, 0.2) is 0 Å². The second-order valence-electron chi connectivity index (χ2n) is 2.57. The molecule has 5 nitrogen and oxygen atoms in total. The molecule has 0 saturated heterocycles. The van der Waals surface area contributed by atoms with E-state index in [0.717, 1.165) is 12.8 Å². The van der Waals surface area contributed by atoms with Crippen LogP contribution in [0.3, 0.4) is 0 Å². The number of rotatable bonds is 6. The van der Waals surface area contributed by atoms with E-state index in [1.54, 1.807) is 0 Å². The van der Waals surface area contributed by atoms with E-state index in [0.29, 0.717) is 13.0 Å². The molecule has 0 aliphatic carbocycles. The quantitative estimate of drug-likeness (QED) is 0.330. The molecule has 0 heterocycles. The molecule has 1 atom stereocenters. The van der Waals surface area contributed by atoms with Crippen LogP contribution in [0.4, 0.5) is 0 Å². The summed E-state index contributed by atoms with van der Waals surface area (Å²) in [5, 5.41) is 11.1. The number of nitrogens with one attached hydrogen (secondary N) is 1. The van der Waals surface area contributed by atoms with Gasteiger partial charge in [0.2, 0.25) is 0 Å². The van der Waals surface area contributed by atoms with Crippen molar-refractivity contribution >= 4 is 13.9 Å². The predicted molar refractivity (Wildman–Crippen MR) is 49.0 cm³/mol. The minimum atomic E-state index is -0.968. The van der Waals surface area contributed by atoms with Gasteiger partial charge in [-0.2, -0.15) is 0 Å². The summed E-state index contributed by atoms with van der Waals surface area (Å²) in [5.74, 6) is 1.41. The molecule has 0 fully saturated rings. The maximum atomic E-state index is 10.3. The van der Waals surface area contributed by atoms with Gasteiger partial charge in [0.15, 0.2) is 0 Å². The van der Waals surface area contributed by atoms with E-state index in [4.69, 9.17) is 10.8 Å². The summed E-state index contributed by atoms with van der Waals surface area (Å²) in [4.78, 5) is 10.3. The summed E-state index contributed by atoms with van der Waals surface area (Å²) >= 11 is 0. The van der Waals surface area contributed by atoms with Crippen LogP contribution in [0.5, 0.6) is 0 Å². The van der Waals surface area contributed by atoms with Crippen LogP contribution in [-0.2, 0) is 9.36 Å². The second-order valence-corrected chi connectivity index (χ2v) is 2.98. The van der Waals surface area contributed by atoms with Gasteiger partial charge in [-0.3, -0.25) is 0 Å². The topological polar surface area (TPSA) is 92.4 Å². The average molecular weight is 204 g/mol. The van der Waals surface area contributed by atoms with Crippen molar-refractivity contribution in [2.24, 2.45) is 5.73 Å². The Bertz CT molecular complexity index is 249. The van der Waals surface area contributed by atoms with E-state index < -0.39 is 12.0 Å². The molecule has 74 valence electrons. The number of hydrogen-bond acceptors (Lipinski definition) is 4. The number of carboxylic acid groups (broad SMARTS) is 1. The van der Waals surface area contributed by atoms with Crippen LogP contribution in [0.1, 0.15) is 19.3 Å². The third kappa shape index (κ3) is 7.75. The zero-order valence-corrected chi connectivity index (χ0v) is 8.09. The molecule has 0 aliphatic heterocycles. The van der Waals surface area contributed by atoms with Gasteiger partial charge in [0.05, 0.1) is 0 Å². The molecule has 6 heteroatoms. The molecular weight excluding hydrogens is 191 g/mol. The van der Waals surface area contributed by atoms with Crippen molar-refractivity contribution < 1.29 is 14.5 Å². The van der Waals surface area contributed by atoms with Crippen LogP contribution < -0.4 is 11.1 Å². The second kappa shape index (κ2) is 8.02. The Hall–Kier alpha value is -0.600.